The Morgan fingerprint density at radius 2 is 2.36 bits per heavy atom. The summed E-state index contributed by atoms with van der Waals surface area (Å²) in [5, 5.41) is 4.72. The van der Waals surface area contributed by atoms with Crippen LogP contribution >= 0.6 is 23.6 Å². The van der Waals surface area contributed by atoms with Crippen molar-refractivity contribution in [1.82, 2.24) is 24.2 Å². The van der Waals surface area contributed by atoms with E-state index in [1.807, 2.05) is 28.0 Å². The second kappa shape index (κ2) is 5.84. The molecule has 118 valence electrons. The molecule has 22 heavy (non-hydrogen) atoms. The molecule has 0 amide bonds. The van der Waals surface area contributed by atoms with Crippen molar-refractivity contribution >= 4 is 23.6 Å². The summed E-state index contributed by atoms with van der Waals surface area (Å²) in [7, 11) is 1.97. The first-order valence-corrected chi connectivity index (χ1v) is 8.91. The zero-order chi connectivity index (χ0) is 15.1. The first kappa shape index (κ1) is 14.5. The average molecular weight is 337 g/mol. The number of rotatable bonds is 3. The van der Waals surface area contributed by atoms with E-state index in [0.29, 0.717) is 12.1 Å². The molecule has 1 saturated carbocycles. The van der Waals surface area contributed by atoms with Gasteiger partial charge in [0.1, 0.15) is 0 Å². The van der Waals surface area contributed by atoms with Gasteiger partial charge in [-0.15, -0.1) is 16.4 Å². The Hall–Kier alpha value is -1.09. The zero-order valence-electron chi connectivity index (χ0n) is 12.5. The van der Waals surface area contributed by atoms with Crippen LogP contribution in [0.25, 0.3) is 10.7 Å². The van der Waals surface area contributed by atoms with Crippen LogP contribution in [0.2, 0.25) is 0 Å². The van der Waals surface area contributed by atoms with Gasteiger partial charge in [0.25, 0.3) is 0 Å². The maximum Gasteiger partial charge on any atom is 0.199 e. The van der Waals surface area contributed by atoms with Gasteiger partial charge in [0, 0.05) is 25.8 Å². The molecule has 1 aliphatic heterocycles. The van der Waals surface area contributed by atoms with E-state index >= 15 is 0 Å². The van der Waals surface area contributed by atoms with Crippen LogP contribution in [0.15, 0.2) is 11.7 Å². The molecule has 4 rings (SSSR count). The zero-order valence-corrected chi connectivity index (χ0v) is 14.1. The molecule has 0 radical (unpaired) electrons. The molecule has 0 bridgehead atoms. The standard InChI is InChI=1S/C14H19N5OS2/c1-17-13(12-7-15-8-22-12)16-19(14(17)21)9-18-5-6-20-11-4-2-3-10(11)18/h7-8,10-11H,2-6,9H2,1H3/t10-,11+/m0/s1. The fourth-order valence-electron chi connectivity index (χ4n) is 3.47. The van der Waals surface area contributed by atoms with Crippen LogP contribution < -0.4 is 0 Å². The highest BCUT2D eigenvalue weighted by Crippen LogP contribution is 2.30. The van der Waals surface area contributed by atoms with E-state index in [9.17, 15) is 0 Å². The number of aromatic nitrogens is 4. The van der Waals surface area contributed by atoms with Crippen molar-refractivity contribution in [2.24, 2.45) is 7.05 Å². The van der Waals surface area contributed by atoms with Gasteiger partial charge in [-0.3, -0.25) is 9.88 Å². The first-order chi connectivity index (χ1) is 10.7. The van der Waals surface area contributed by atoms with Crippen molar-refractivity contribution in [3.63, 3.8) is 0 Å². The highest BCUT2D eigenvalue weighted by Gasteiger charge is 2.36. The molecule has 0 spiro atoms. The third kappa shape index (κ3) is 2.44. The van der Waals surface area contributed by atoms with Crippen molar-refractivity contribution in [3.05, 3.63) is 16.5 Å². The van der Waals surface area contributed by atoms with E-state index in [1.54, 1.807) is 11.3 Å². The summed E-state index contributed by atoms with van der Waals surface area (Å²) in [6.45, 7) is 2.51. The first-order valence-electron chi connectivity index (χ1n) is 7.62. The van der Waals surface area contributed by atoms with Crippen LogP contribution in [-0.4, -0.2) is 49.5 Å². The van der Waals surface area contributed by atoms with Crippen LogP contribution in [0, 0.1) is 4.77 Å². The number of morpholine rings is 1. The van der Waals surface area contributed by atoms with Crippen molar-refractivity contribution < 1.29 is 4.74 Å². The minimum absolute atomic E-state index is 0.396. The van der Waals surface area contributed by atoms with Gasteiger partial charge in [0.2, 0.25) is 0 Å². The van der Waals surface area contributed by atoms with Crippen LogP contribution in [0.1, 0.15) is 19.3 Å². The van der Waals surface area contributed by atoms with Crippen LogP contribution in [-0.2, 0) is 18.5 Å². The molecule has 0 aromatic carbocycles. The maximum absolute atomic E-state index is 5.88. The highest BCUT2D eigenvalue weighted by molar-refractivity contribution is 7.71. The smallest absolute Gasteiger partial charge is 0.199 e. The number of ether oxygens (including phenoxy) is 1. The molecule has 2 fully saturated rings. The van der Waals surface area contributed by atoms with Gasteiger partial charge in [-0.25, -0.2) is 4.68 Å². The summed E-state index contributed by atoms with van der Waals surface area (Å²) >= 11 is 7.15. The molecular weight excluding hydrogens is 318 g/mol. The molecule has 2 aromatic heterocycles. The number of hydrogen-bond acceptors (Lipinski definition) is 6. The van der Waals surface area contributed by atoms with Crippen LogP contribution in [0.3, 0.4) is 0 Å². The molecule has 3 heterocycles. The van der Waals surface area contributed by atoms with Gasteiger partial charge in [-0.1, -0.05) is 0 Å². The summed E-state index contributed by atoms with van der Waals surface area (Å²) in [4.78, 5) is 7.65. The van der Waals surface area contributed by atoms with E-state index in [2.05, 4.69) is 9.88 Å². The SMILES string of the molecule is Cn1c(-c2cncs2)nn(CN2CCO[C@@H]3CCC[C@@H]32)c1=S. The normalized spacial score (nSPS) is 25.5. The predicted molar refractivity (Wildman–Crippen MR) is 87.2 cm³/mol. The third-order valence-electron chi connectivity index (χ3n) is 4.61. The molecule has 2 aromatic rings. The summed E-state index contributed by atoms with van der Waals surface area (Å²) in [6.07, 6.45) is 5.89. The van der Waals surface area contributed by atoms with Crippen molar-refractivity contribution in [2.75, 3.05) is 13.2 Å². The number of fused-ring (bicyclic) bond motifs is 1. The monoisotopic (exact) mass is 337 g/mol. The van der Waals surface area contributed by atoms with E-state index < -0.39 is 0 Å². The largest absolute Gasteiger partial charge is 0.375 e. The molecule has 2 atom stereocenters. The second-order valence-corrected chi connectivity index (χ2v) is 7.14. The lowest BCUT2D eigenvalue weighted by Gasteiger charge is -2.37. The van der Waals surface area contributed by atoms with Crippen molar-refractivity contribution in [3.8, 4) is 10.7 Å². The van der Waals surface area contributed by atoms with Crippen molar-refractivity contribution in [2.45, 2.75) is 38.1 Å². The minimum atomic E-state index is 0.396. The van der Waals surface area contributed by atoms with E-state index in [4.69, 9.17) is 22.1 Å². The number of thiazole rings is 1. The Labute approximate surface area is 138 Å². The van der Waals surface area contributed by atoms with E-state index in [0.717, 1.165) is 35.3 Å². The lowest BCUT2D eigenvalue weighted by molar-refractivity contribution is -0.0683. The Kier molecular flexibility index (Phi) is 3.85. The quantitative estimate of drug-likeness (QED) is 0.804. The van der Waals surface area contributed by atoms with Gasteiger partial charge in [0.05, 0.1) is 29.8 Å². The number of nitrogens with zero attached hydrogens (tertiary/aromatic N) is 5. The molecular formula is C14H19N5OS2. The fraction of sp³-hybridized carbons (Fsp3) is 0.643. The molecule has 2 aliphatic rings. The van der Waals surface area contributed by atoms with Gasteiger partial charge < -0.3 is 9.30 Å². The predicted octanol–water partition coefficient (Wildman–Crippen LogP) is 2.29. The van der Waals surface area contributed by atoms with Gasteiger partial charge in [-0.2, -0.15) is 0 Å². The Morgan fingerprint density at radius 1 is 1.45 bits per heavy atom. The van der Waals surface area contributed by atoms with E-state index in [-0.39, 0.29) is 0 Å². The Bertz CT molecular complexity index is 707. The lowest BCUT2D eigenvalue weighted by atomic mass is 10.1. The topological polar surface area (TPSA) is 48.1 Å². The maximum atomic E-state index is 5.88. The van der Waals surface area contributed by atoms with Crippen molar-refractivity contribution in [1.29, 1.82) is 0 Å². The summed E-state index contributed by atoms with van der Waals surface area (Å²) in [5.41, 5.74) is 1.82. The molecule has 0 N–H and O–H groups in total. The molecule has 0 unspecified atom stereocenters. The van der Waals surface area contributed by atoms with Crippen LogP contribution in [0.4, 0.5) is 0 Å². The Balaban J connectivity index is 1.61. The summed E-state index contributed by atoms with van der Waals surface area (Å²) in [6, 6.07) is 0.518. The average Bonchev–Trinajstić information content (AvgIpc) is 3.24. The van der Waals surface area contributed by atoms with E-state index in [1.165, 1.54) is 19.3 Å². The molecule has 1 saturated heterocycles. The van der Waals surface area contributed by atoms with Gasteiger partial charge in [0.15, 0.2) is 10.6 Å². The molecule has 8 heteroatoms. The van der Waals surface area contributed by atoms with Crippen LogP contribution in [0.5, 0.6) is 0 Å². The molecule has 6 nitrogen and oxygen atoms in total. The summed E-state index contributed by atoms with van der Waals surface area (Å²) in [5.74, 6) is 0.892. The summed E-state index contributed by atoms with van der Waals surface area (Å²) < 4.78 is 10.5. The number of hydrogen-bond donors (Lipinski definition) is 0. The lowest BCUT2D eigenvalue weighted by Crippen LogP contribution is -2.49. The third-order valence-corrected chi connectivity index (χ3v) is 5.86. The Morgan fingerprint density at radius 3 is 3.18 bits per heavy atom. The minimum Gasteiger partial charge on any atom is -0.375 e. The fourth-order valence-corrected chi connectivity index (χ4v) is 4.30. The van der Waals surface area contributed by atoms with Gasteiger partial charge >= 0.3 is 0 Å². The molecule has 1 aliphatic carbocycles. The van der Waals surface area contributed by atoms with Gasteiger partial charge in [-0.05, 0) is 31.5 Å². The highest BCUT2D eigenvalue weighted by atomic mass is 32.1. The second-order valence-electron chi connectivity index (χ2n) is 5.89.